The second kappa shape index (κ2) is 5.94. The number of nitrogens with zero attached hydrogens (tertiary/aromatic N) is 1. The molecule has 1 aromatic heterocycles. The minimum atomic E-state index is -3.13. The molecule has 1 aliphatic carbocycles. The Bertz CT molecular complexity index is 642. The summed E-state index contributed by atoms with van der Waals surface area (Å²) >= 11 is 1.63. The average Bonchev–Trinajstić information content (AvgIpc) is 2.82. The molecule has 1 aromatic rings. The Labute approximate surface area is 135 Å². The van der Waals surface area contributed by atoms with Gasteiger partial charge in [-0.3, -0.25) is 4.79 Å². The third-order valence-electron chi connectivity index (χ3n) is 4.73. The van der Waals surface area contributed by atoms with Gasteiger partial charge in [0, 0.05) is 23.9 Å². The maximum Gasteiger partial charge on any atom is 0.224 e. The second-order valence-corrected chi connectivity index (χ2v) is 9.44. The van der Waals surface area contributed by atoms with Crippen LogP contribution in [0.1, 0.15) is 31.1 Å². The Morgan fingerprint density at radius 3 is 3.05 bits per heavy atom. The van der Waals surface area contributed by atoms with Gasteiger partial charge in [-0.2, -0.15) is 0 Å². The molecule has 122 valence electrons. The smallest absolute Gasteiger partial charge is 0.224 e. The van der Waals surface area contributed by atoms with Crippen LogP contribution < -0.4 is 5.32 Å². The molecular formula is C15H22N2O3S2. The van der Waals surface area contributed by atoms with Crippen LogP contribution in [-0.2, 0) is 21.4 Å². The highest BCUT2D eigenvalue weighted by atomic mass is 32.2. The highest BCUT2D eigenvalue weighted by molar-refractivity contribution is 7.89. The molecule has 1 amide bonds. The zero-order valence-corrected chi connectivity index (χ0v) is 14.4. The van der Waals surface area contributed by atoms with Crippen molar-refractivity contribution in [3.8, 4) is 0 Å². The van der Waals surface area contributed by atoms with Crippen LogP contribution in [0.15, 0.2) is 17.5 Å². The molecule has 2 fully saturated rings. The molecule has 7 heteroatoms. The van der Waals surface area contributed by atoms with Crippen molar-refractivity contribution in [2.45, 2.75) is 32.7 Å². The molecule has 0 radical (unpaired) electrons. The molecule has 1 saturated heterocycles. The van der Waals surface area contributed by atoms with Gasteiger partial charge >= 0.3 is 0 Å². The first-order valence-corrected chi connectivity index (χ1v) is 10.2. The van der Waals surface area contributed by atoms with Gasteiger partial charge in [0.05, 0.1) is 12.3 Å². The zero-order chi connectivity index (χ0) is 15.8. The Morgan fingerprint density at radius 1 is 1.55 bits per heavy atom. The molecule has 1 saturated carbocycles. The number of thiophene rings is 1. The normalized spacial score (nSPS) is 28.1. The minimum Gasteiger partial charge on any atom is -0.351 e. The van der Waals surface area contributed by atoms with E-state index in [1.165, 1.54) is 0 Å². The summed E-state index contributed by atoms with van der Waals surface area (Å²) in [7, 11) is -3.13. The predicted molar refractivity (Wildman–Crippen MR) is 87.0 cm³/mol. The molecule has 5 nitrogen and oxygen atoms in total. The van der Waals surface area contributed by atoms with Crippen LogP contribution in [0.3, 0.4) is 0 Å². The van der Waals surface area contributed by atoms with Crippen molar-refractivity contribution in [2.24, 2.45) is 11.3 Å². The summed E-state index contributed by atoms with van der Waals surface area (Å²) in [5.41, 5.74) is -0.0969. The quantitative estimate of drug-likeness (QED) is 0.857. The fraction of sp³-hybridized carbons (Fsp3) is 0.667. The number of sulfonamides is 1. The Hall–Kier alpha value is -0.920. The summed E-state index contributed by atoms with van der Waals surface area (Å²) in [6.07, 6.45) is 2.27. The van der Waals surface area contributed by atoms with Gasteiger partial charge in [-0.25, -0.2) is 12.7 Å². The van der Waals surface area contributed by atoms with E-state index in [1.807, 2.05) is 24.4 Å². The molecule has 1 N–H and O–H groups in total. The van der Waals surface area contributed by atoms with Crippen molar-refractivity contribution in [3.63, 3.8) is 0 Å². The van der Waals surface area contributed by atoms with Gasteiger partial charge in [0.1, 0.15) is 0 Å². The van der Waals surface area contributed by atoms with Crippen molar-refractivity contribution in [3.05, 3.63) is 22.4 Å². The predicted octanol–water partition coefficient (Wildman–Crippen LogP) is 1.82. The number of nitrogens with one attached hydrogen (secondary N) is 1. The van der Waals surface area contributed by atoms with Gasteiger partial charge in [-0.15, -0.1) is 11.3 Å². The van der Waals surface area contributed by atoms with E-state index in [1.54, 1.807) is 15.6 Å². The van der Waals surface area contributed by atoms with E-state index in [2.05, 4.69) is 5.32 Å². The molecule has 0 bridgehead atoms. The first-order valence-electron chi connectivity index (χ1n) is 7.75. The van der Waals surface area contributed by atoms with Gasteiger partial charge in [0.2, 0.25) is 15.9 Å². The fourth-order valence-electron chi connectivity index (χ4n) is 3.36. The summed E-state index contributed by atoms with van der Waals surface area (Å²) < 4.78 is 25.9. The Kier molecular flexibility index (Phi) is 4.31. The molecule has 1 spiro atoms. The van der Waals surface area contributed by atoms with Gasteiger partial charge in [0.25, 0.3) is 0 Å². The number of carbonyl (C=O) groups excluding carboxylic acids is 1. The van der Waals surface area contributed by atoms with Crippen LogP contribution in [0.25, 0.3) is 0 Å². The van der Waals surface area contributed by atoms with Gasteiger partial charge in [0.15, 0.2) is 0 Å². The lowest BCUT2D eigenvalue weighted by Crippen LogP contribution is -2.32. The topological polar surface area (TPSA) is 66.5 Å². The maximum atomic E-state index is 12.3. The fourth-order valence-corrected chi connectivity index (χ4v) is 5.60. The molecule has 0 aromatic carbocycles. The highest BCUT2D eigenvalue weighted by Crippen LogP contribution is 2.58. The number of hydrogen-bond acceptors (Lipinski definition) is 4. The van der Waals surface area contributed by atoms with E-state index in [0.29, 0.717) is 26.1 Å². The highest BCUT2D eigenvalue weighted by Gasteiger charge is 2.61. The van der Waals surface area contributed by atoms with Crippen molar-refractivity contribution in [2.75, 3.05) is 18.8 Å². The molecule has 2 aliphatic rings. The van der Waals surface area contributed by atoms with Crippen LogP contribution in [0.5, 0.6) is 0 Å². The van der Waals surface area contributed by atoms with Crippen LogP contribution in [0, 0.1) is 11.3 Å². The summed E-state index contributed by atoms with van der Waals surface area (Å²) in [4.78, 5) is 13.4. The van der Waals surface area contributed by atoms with E-state index < -0.39 is 10.0 Å². The third-order valence-corrected chi connectivity index (χ3v) is 7.63. The van der Waals surface area contributed by atoms with Gasteiger partial charge < -0.3 is 5.32 Å². The molecular weight excluding hydrogens is 320 g/mol. The largest absolute Gasteiger partial charge is 0.351 e. The van der Waals surface area contributed by atoms with E-state index in [4.69, 9.17) is 0 Å². The van der Waals surface area contributed by atoms with E-state index in [9.17, 15) is 13.2 Å². The van der Waals surface area contributed by atoms with E-state index >= 15 is 0 Å². The van der Waals surface area contributed by atoms with Crippen molar-refractivity contribution in [1.29, 1.82) is 0 Å². The van der Waals surface area contributed by atoms with Crippen LogP contribution >= 0.6 is 11.3 Å². The van der Waals surface area contributed by atoms with Crippen LogP contribution in [0.4, 0.5) is 0 Å². The number of hydrogen-bond donors (Lipinski definition) is 1. The van der Waals surface area contributed by atoms with Gasteiger partial charge in [-0.1, -0.05) is 13.0 Å². The van der Waals surface area contributed by atoms with Crippen LogP contribution in [-0.4, -0.2) is 37.5 Å². The molecule has 2 heterocycles. The number of carbonyl (C=O) groups is 1. The molecule has 1 aliphatic heterocycles. The Morgan fingerprint density at radius 2 is 2.36 bits per heavy atom. The first kappa shape index (κ1) is 16.0. The summed E-state index contributed by atoms with van der Waals surface area (Å²) in [6.45, 7) is 3.53. The van der Waals surface area contributed by atoms with E-state index in [-0.39, 0.29) is 23.0 Å². The van der Waals surface area contributed by atoms with Gasteiger partial charge in [-0.05, 0) is 36.1 Å². The minimum absolute atomic E-state index is 0.0192. The summed E-state index contributed by atoms with van der Waals surface area (Å²) in [5, 5.41) is 4.97. The molecule has 22 heavy (non-hydrogen) atoms. The average molecular weight is 342 g/mol. The first-order chi connectivity index (χ1) is 10.5. The summed E-state index contributed by atoms with van der Waals surface area (Å²) in [6, 6.07) is 3.97. The molecule has 2 atom stereocenters. The van der Waals surface area contributed by atoms with Crippen molar-refractivity contribution >= 4 is 27.3 Å². The maximum absolute atomic E-state index is 12.3. The zero-order valence-electron chi connectivity index (χ0n) is 12.7. The summed E-state index contributed by atoms with van der Waals surface area (Å²) in [5.74, 6) is 0.260. The van der Waals surface area contributed by atoms with Crippen molar-refractivity contribution in [1.82, 2.24) is 9.62 Å². The Balaban J connectivity index is 1.54. The lowest BCUT2D eigenvalue weighted by Gasteiger charge is -2.16. The van der Waals surface area contributed by atoms with Crippen molar-refractivity contribution < 1.29 is 13.2 Å². The number of amides is 1. The van der Waals surface area contributed by atoms with Crippen LogP contribution in [0.2, 0.25) is 0 Å². The molecule has 3 rings (SSSR count). The lowest BCUT2D eigenvalue weighted by molar-refractivity contribution is -0.123. The third kappa shape index (κ3) is 3.07. The second-order valence-electron chi connectivity index (χ2n) is 6.32. The lowest BCUT2D eigenvalue weighted by atomic mass is 10.0. The number of rotatable bonds is 6. The SMILES string of the molecule is CCCS(=O)(=O)N1CCC2(CC2C(=O)NCc2cccs2)C1. The monoisotopic (exact) mass is 342 g/mol. The molecule has 2 unspecified atom stereocenters. The van der Waals surface area contributed by atoms with E-state index in [0.717, 1.165) is 17.7 Å². The standard InChI is InChI=1S/C15H22N2O3S2/c1-2-8-22(19,20)17-6-5-15(11-17)9-13(15)14(18)16-10-12-4-3-7-21-12/h3-4,7,13H,2,5-6,8-11H2,1H3,(H,16,18).